The molecule has 0 amide bonds. The first kappa shape index (κ1) is 8.01. The molecule has 0 bridgehead atoms. The van der Waals surface area contributed by atoms with Gasteiger partial charge in [0.25, 0.3) is 0 Å². The van der Waals surface area contributed by atoms with Gasteiger partial charge >= 0.3 is 5.97 Å². The normalized spacial score (nSPS) is 29.8. The van der Waals surface area contributed by atoms with Crippen molar-refractivity contribution in [2.45, 2.75) is 18.9 Å². The van der Waals surface area contributed by atoms with Gasteiger partial charge in [0.1, 0.15) is 0 Å². The predicted molar refractivity (Wildman–Crippen MR) is 40.1 cm³/mol. The van der Waals surface area contributed by atoms with Crippen LogP contribution in [0.15, 0.2) is 23.8 Å². The summed E-state index contributed by atoms with van der Waals surface area (Å²) in [6.07, 6.45) is 4.95. The van der Waals surface area contributed by atoms with Gasteiger partial charge in [0.05, 0.1) is 0 Å². The average Bonchev–Trinajstić information content (AvgIpc) is 1.86. The number of aliphatic hydroxyl groups is 1. The standard InChI is InChI=1S/C8H10O3/c1-6-3-2-4-8(11,5-6)7(9)10/h2-3,5,11H,4H2,1H3,(H,9,10). The van der Waals surface area contributed by atoms with Gasteiger partial charge in [-0.25, -0.2) is 4.79 Å². The van der Waals surface area contributed by atoms with Crippen molar-refractivity contribution in [3.63, 3.8) is 0 Å². The van der Waals surface area contributed by atoms with Crippen LogP contribution in [-0.2, 0) is 4.79 Å². The van der Waals surface area contributed by atoms with Crippen molar-refractivity contribution in [3.05, 3.63) is 23.8 Å². The summed E-state index contributed by atoms with van der Waals surface area (Å²) in [7, 11) is 0. The van der Waals surface area contributed by atoms with Gasteiger partial charge in [0.2, 0.25) is 0 Å². The summed E-state index contributed by atoms with van der Waals surface area (Å²) < 4.78 is 0. The number of carbonyl (C=O) groups is 1. The predicted octanol–water partition coefficient (Wildman–Crippen LogP) is 0.708. The smallest absolute Gasteiger partial charge is 0.340 e. The Hall–Kier alpha value is -1.09. The molecule has 0 aromatic heterocycles. The third-order valence-corrected chi connectivity index (χ3v) is 1.65. The summed E-state index contributed by atoms with van der Waals surface area (Å²) in [5.74, 6) is -1.19. The number of carboxylic acids is 1. The number of hydrogen-bond acceptors (Lipinski definition) is 2. The summed E-state index contributed by atoms with van der Waals surface area (Å²) in [6, 6.07) is 0. The van der Waals surface area contributed by atoms with Crippen molar-refractivity contribution in [3.8, 4) is 0 Å². The molecule has 0 heterocycles. The van der Waals surface area contributed by atoms with Crippen LogP contribution in [0.2, 0.25) is 0 Å². The summed E-state index contributed by atoms with van der Waals surface area (Å²) in [4.78, 5) is 10.5. The molecule has 0 saturated carbocycles. The Morgan fingerprint density at radius 1 is 1.73 bits per heavy atom. The van der Waals surface area contributed by atoms with Gasteiger partial charge in [-0.1, -0.05) is 17.7 Å². The van der Waals surface area contributed by atoms with E-state index in [1.54, 1.807) is 19.1 Å². The van der Waals surface area contributed by atoms with E-state index in [0.29, 0.717) is 0 Å². The molecule has 0 radical (unpaired) electrons. The maximum atomic E-state index is 10.5. The van der Waals surface area contributed by atoms with Gasteiger partial charge in [-0.15, -0.1) is 0 Å². The fraction of sp³-hybridized carbons (Fsp3) is 0.375. The van der Waals surface area contributed by atoms with E-state index in [0.717, 1.165) is 5.57 Å². The van der Waals surface area contributed by atoms with Gasteiger partial charge in [0, 0.05) is 6.42 Å². The molecule has 60 valence electrons. The van der Waals surface area contributed by atoms with Crippen molar-refractivity contribution in [2.75, 3.05) is 0 Å². The molecule has 0 fully saturated rings. The number of rotatable bonds is 1. The first-order valence-electron chi connectivity index (χ1n) is 3.36. The lowest BCUT2D eigenvalue weighted by atomic mass is 9.92. The molecule has 1 aliphatic rings. The van der Waals surface area contributed by atoms with E-state index in [2.05, 4.69) is 0 Å². The van der Waals surface area contributed by atoms with Crippen LogP contribution < -0.4 is 0 Å². The number of carboxylic acid groups (broad SMARTS) is 1. The number of allylic oxidation sites excluding steroid dienone is 2. The Morgan fingerprint density at radius 2 is 2.36 bits per heavy atom. The first-order chi connectivity index (χ1) is 5.04. The fourth-order valence-electron chi connectivity index (χ4n) is 1.06. The summed E-state index contributed by atoms with van der Waals surface area (Å²) in [5, 5.41) is 18.0. The Labute approximate surface area is 64.7 Å². The van der Waals surface area contributed by atoms with Crippen LogP contribution in [0.25, 0.3) is 0 Å². The van der Waals surface area contributed by atoms with E-state index < -0.39 is 11.6 Å². The molecule has 1 rings (SSSR count). The Balaban J connectivity index is 2.92. The zero-order valence-corrected chi connectivity index (χ0v) is 6.24. The first-order valence-corrected chi connectivity index (χ1v) is 3.36. The highest BCUT2D eigenvalue weighted by Crippen LogP contribution is 2.20. The average molecular weight is 154 g/mol. The molecule has 11 heavy (non-hydrogen) atoms. The largest absolute Gasteiger partial charge is 0.479 e. The Kier molecular flexibility index (Phi) is 1.83. The van der Waals surface area contributed by atoms with Crippen molar-refractivity contribution in [1.82, 2.24) is 0 Å². The molecule has 1 atom stereocenters. The van der Waals surface area contributed by atoms with Gasteiger partial charge < -0.3 is 10.2 Å². The van der Waals surface area contributed by atoms with Crippen molar-refractivity contribution < 1.29 is 15.0 Å². The molecule has 1 unspecified atom stereocenters. The highest BCUT2D eigenvalue weighted by Gasteiger charge is 2.33. The molecule has 0 saturated heterocycles. The molecule has 0 aliphatic heterocycles. The van der Waals surface area contributed by atoms with E-state index in [1.165, 1.54) is 6.08 Å². The monoisotopic (exact) mass is 154 g/mol. The summed E-state index contributed by atoms with van der Waals surface area (Å²) in [5.41, 5.74) is -0.903. The molecular formula is C8H10O3. The van der Waals surface area contributed by atoms with Crippen LogP contribution >= 0.6 is 0 Å². The molecule has 0 aromatic rings. The van der Waals surface area contributed by atoms with Crippen LogP contribution in [0, 0.1) is 0 Å². The minimum absolute atomic E-state index is 0.152. The minimum atomic E-state index is -1.68. The van der Waals surface area contributed by atoms with Gasteiger partial charge in [0.15, 0.2) is 5.60 Å². The van der Waals surface area contributed by atoms with Crippen molar-refractivity contribution in [2.24, 2.45) is 0 Å². The lowest BCUT2D eigenvalue weighted by Gasteiger charge is -2.20. The fourth-order valence-corrected chi connectivity index (χ4v) is 1.06. The SMILES string of the molecule is CC1=CC(O)(C(=O)O)CC=C1. The van der Waals surface area contributed by atoms with E-state index in [-0.39, 0.29) is 6.42 Å². The Morgan fingerprint density at radius 3 is 2.73 bits per heavy atom. The topological polar surface area (TPSA) is 57.5 Å². The molecule has 2 N–H and O–H groups in total. The maximum absolute atomic E-state index is 10.5. The van der Waals surface area contributed by atoms with Gasteiger partial charge in [-0.3, -0.25) is 0 Å². The van der Waals surface area contributed by atoms with Crippen LogP contribution in [0.1, 0.15) is 13.3 Å². The minimum Gasteiger partial charge on any atom is -0.479 e. The molecule has 0 aromatic carbocycles. The second kappa shape index (κ2) is 2.51. The maximum Gasteiger partial charge on any atom is 0.340 e. The second-order valence-corrected chi connectivity index (χ2v) is 2.72. The molecule has 0 spiro atoms. The van der Waals surface area contributed by atoms with E-state index >= 15 is 0 Å². The quantitative estimate of drug-likeness (QED) is 0.584. The van der Waals surface area contributed by atoms with Crippen LogP contribution in [0.4, 0.5) is 0 Å². The van der Waals surface area contributed by atoms with Crippen molar-refractivity contribution in [1.29, 1.82) is 0 Å². The lowest BCUT2D eigenvalue weighted by Crippen LogP contribution is -2.36. The zero-order chi connectivity index (χ0) is 8.48. The number of hydrogen-bond donors (Lipinski definition) is 2. The third kappa shape index (κ3) is 1.49. The van der Waals surface area contributed by atoms with Crippen LogP contribution in [0.5, 0.6) is 0 Å². The van der Waals surface area contributed by atoms with E-state index in [9.17, 15) is 9.90 Å². The highest BCUT2D eigenvalue weighted by molar-refractivity contribution is 5.80. The van der Waals surface area contributed by atoms with E-state index in [4.69, 9.17) is 5.11 Å². The lowest BCUT2D eigenvalue weighted by molar-refractivity contribution is -0.153. The third-order valence-electron chi connectivity index (χ3n) is 1.65. The second-order valence-electron chi connectivity index (χ2n) is 2.72. The van der Waals surface area contributed by atoms with Gasteiger partial charge in [-0.05, 0) is 13.0 Å². The molecule has 3 nitrogen and oxygen atoms in total. The van der Waals surface area contributed by atoms with Crippen LogP contribution in [0.3, 0.4) is 0 Å². The highest BCUT2D eigenvalue weighted by atomic mass is 16.4. The molecule has 3 heteroatoms. The zero-order valence-electron chi connectivity index (χ0n) is 6.24. The van der Waals surface area contributed by atoms with Crippen LogP contribution in [-0.4, -0.2) is 21.8 Å². The molecular weight excluding hydrogens is 144 g/mol. The van der Waals surface area contributed by atoms with Crippen molar-refractivity contribution >= 4 is 5.97 Å². The van der Waals surface area contributed by atoms with E-state index in [1.807, 2.05) is 0 Å². The summed E-state index contributed by atoms with van der Waals surface area (Å²) >= 11 is 0. The summed E-state index contributed by atoms with van der Waals surface area (Å²) in [6.45, 7) is 1.75. The van der Waals surface area contributed by atoms with Gasteiger partial charge in [-0.2, -0.15) is 0 Å². The Bertz CT molecular complexity index is 240. The molecule has 1 aliphatic carbocycles. The number of aliphatic carboxylic acids is 1.